The fourth-order valence-corrected chi connectivity index (χ4v) is 3.95. The number of hydrogen-bond acceptors (Lipinski definition) is 6. The molecule has 0 spiro atoms. The predicted molar refractivity (Wildman–Crippen MR) is 119 cm³/mol. The molecule has 0 unspecified atom stereocenters. The lowest BCUT2D eigenvalue weighted by atomic mass is 10.0. The lowest BCUT2D eigenvalue weighted by molar-refractivity contribution is 0.0582. The van der Waals surface area contributed by atoms with Gasteiger partial charge in [0.2, 0.25) is 0 Å². The molecule has 1 N–H and O–H groups in total. The summed E-state index contributed by atoms with van der Waals surface area (Å²) in [6.07, 6.45) is 7.56. The maximum Gasteiger partial charge on any atom is 0.290 e. The first-order valence-corrected chi connectivity index (χ1v) is 10.6. The van der Waals surface area contributed by atoms with Gasteiger partial charge in [-0.2, -0.15) is 0 Å². The van der Waals surface area contributed by atoms with Crippen molar-refractivity contribution >= 4 is 17.5 Å². The Labute approximate surface area is 186 Å². The molecule has 0 aliphatic carbocycles. The molecule has 9 nitrogen and oxygen atoms in total. The molecule has 1 fully saturated rings. The van der Waals surface area contributed by atoms with Crippen molar-refractivity contribution in [3.05, 3.63) is 65.8 Å². The number of carbonyl (C=O) groups excluding carboxylic acids is 2. The average molecular weight is 435 g/mol. The Bertz CT molecular complexity index is 1140. The van der Waals surface area contributed by atoms with E-state index in [0.29, 0.717) is 40.9 Å². The van der Waals surface area contributed by atoms with E-state index in [2.05, 4.69) is 20.3 Å². The molecule has 32 heavy (non-hydrogen) atoms. The van der Waals surface area contributed by atoms with Gasteiger partial charge in [-0.15, -0.1) is 0 Å². The number of amides is 2. The quantitative estimate of drug-likeness (QED) is 0.662. The average Bonchev–Trinajstić information content (AvgIpc) is 3.24. The van der Waals surface area contributed by atoms with E-state index in [1.807, 2.05) is 12.1 Å². The number of benzene rings is 1. The summed E-state index contributed by atoms with van der Waals surface area (Å²) in [5, 5.41) is 2.85. The van der Waals surface area contributed by atoms with Crippen LogP contribution < -0.4 is 10.1 Å². The molecule has 2 aromatic heterocycles. The summed E-state index contributed by atoms with van der Waals surface area (Å²) in [5.41, 5.74) is 1.50. The maximum absolute atomic E-state index is 13.1. The molecule has 1 aromatic carbocycles. The molecular formula is C23H26N6O3. The monoisotopic (exact) mass is 434 g/mol. The van der Waals surface area contributed by atoms with Gasteiger partial charge < -0.3 is 19.5 Å². The van der Waals surface area contributed by atoms with Crippen LogP contribution in [0, 0.1) is 6.92 Å². The van der Waals surface area contributed by atoms with Crippen LogP contribution in [0.2, 0.25) is 0 Å². The number of para-hydroxylation sites is 2. The Morgan fingerprint density at radius 2 is 2.00 bits per heavy atom. The first-order valence-electron chi connectivity index (χ1n) is 10.6. The van der Waals surface area contributed by atoms with Crippen LogP contribution in [0.5, 0.6) is 5.75 Å². The maximum atomic E-state index is 13.1. The highest BCUT2D eigenvalue weighted by atomic mass is 16.5. The largest absolute Gasteiger partial charge is 0.495 e. The minimum Gasteiger partial charge on any atom is -0.495 e. The highest BCUT2D eigenvalue weighted by molar-refractivity contribution is 6.05. The van der Waals surface area contributed by atoms with Gasteiger partial charge in [0, 0.05) is 32.2 Å². The van der Waals surface area contributed by atoms with Gasteiger partial charge in [-0.25, -0.2) is 15.0 Å². The molecule has 166 valence electrons. The number of methoxy groups -OCH3 is 1. The van der Waals surface area contributed by atoms with E-state index in [1.165, 1.54) is 6.20 Å². The van der Waals surface area contributed by atoms with Gasteiger partial charge in [0.05, 0.1) is 30.1 Å². The molecule has 0 saturated carbocycles. The summed E-state index contributed by atoms with van der Waals surface area (Å²) in [7, 11) is 3.35. The van der Waals surface area contributed by atoms with Crippen LogP contribution >= 0.6 is 0 Å². The Balaban J connectivity index is 1.57. The van der Waals surface area contributed by atoms with Gasteiger partial charge in [0.1, 0.15) is 5.75 Å². The fourth-order valence-electron chi connectivity index (χ4n) is 3.95. The standard InChI is InChI=1S/C23H26N6O3/c1-15-16(22(30)27-17-8-4-5-10-19(17)32-3)14-25-20(26-15)18-9-6-7-12-29(18)23(31)21-24-11-13-28(21)2/h4-5,8,10-11,13-14,18H,6-7,9,12H2,1-3H3,(H,27,30)/t18-/m1/s1. The van der Waals surface area contributed by atoms with Crippen LogP contribution in [0.25, 0.3) is 0 Å². The van der Waals surface area contributed by atoms with Crippen molar-refractivity contribution in [2.75, 3.05) is 19.0 Å². The van der Waals surface area contributed by atoms with E-state index in [1.54, 1.807) is 55.1 Å². The smallest absolute Gasteiger partial charge is 0.290 e. The Morgan fingerprint density at radius 1 is 1.19 bits per heavy atom. The number of nitrogens with one attached hydrogen (secondary N) is 1. The lowest BCUT2D eigenvalue weighted by Crippen LogP contribution is -2.40. The van der Waals surface area contributed by atoms with Crippen molar-refractivity contribution in [3.8, 4) is 5.75 Å². The number of hydrogen-bond donors (Lipinski definition) is 1. The van der Waals surface area contributed by atoms with Gasteiger partial charge in [-0.3, -0.25) is 9.59 Å². The molecule has 0 bridgehead atoms. The summed E-state index contributed by atoms with van der Waals surface area (Å²) in [6.45, 7) is 2.39. The summed E-state index contributed by atoms with van der Waals surface area (Å²) in [5.74, 6) is 1.05. The van der Waals surface area contributed by atoms with Crippen LogP contribution in [-0.4, -0.2) is 49.9 Å². The number of likely N-dealkylation sites (tertiary alicyclic amines) is 1. The first kappa shape index (κ1) is 21.5. The number of nitrogens with zero attached hydrogens (tertiary/aromatic N) is 5. The molecule has 1 saturated heterocycles. The number of ether oxygens (including phenoxy) is 1. The molecule has 1 aliphatic rings. The first-order chi connectivity index (χ1) is 15.5. The molecule has 2 amide bonds. The molecule has 3 aromatic rings. The van der Waals surface area contributed by atoms with Crippen molar-refractivity contribution in [2.45, 2.75) is 32.2 Å². The van der Waals surface area contributed by atoms with E-state index >= 15 is 0 Å². The highest BCUT2D eigenvalue weighted by Gasteiger charge is 2.32. The summed E-state index contributed by atoms with van der Waals surface area (Å²) >= 11 is 0. The minimum atomic E-state index is -0.317. The van der Waals surface area contributed by atoms with Crippen molar-refractivity contribution in [1.82, 2.24) is 24.4 Å². The topological polar surface area (TPSA) is 102 Å². The summed E-state index contributed by atoms with van der Waals surface area (Å²) in [4.78, 5) is 41.0. The Kier molecular flexibility index (Phi) is 6.16. The molecular weight excluding hydrogens is 408 g/mol. The van der Waals surface area contributed by atoms with Crippen LogP contribution in [0.1, 0.15) is 57.8 Å². The highest BCUT2D eigenvalue weighted by Crippen LogP contribution is 2.30. The lowest BCUT2D eigenvalue weighted by Gasteiger charge is -2.34. The molecule has 0 radical (unpaired) electrons. The molecule has 1 aliphatic heterocycles. The number of rotatable bonds is 5. The summed E-state index contributed by atoms with van der Waals surface area (Å²) < 4.78 is 7.01. The van der Waals surface area contributed by atoms with Crippen molar-refractivity contribution < 1.29 is 14.3 Å². The Hall–Kier alpha value is -3.75. The molecule has 1 atom stereocenters. The van der Waals surface area contributed by atoms with E-state index in [0.717, 1.165) is 19.3 Å². The predicted octanol–water partition coefficient (Wildman–Crippen LogP) is 3.15. The zero-order chi connectivity index (χ0) is 22.7. The van der Waals surface area contributed by atoms with Crippen molar-refractivity contribution in [3.63, 3.8) is 0 Å². The van der Waals surface area contributed by atoms with Gasteiger partial charge in [0.15, 0.2) is 11.6 Å². The Morgan fingerprint density at radius 3 is 2.72 bits per heavy atom. The summed E-state index contributed by atoms with van der Waals surface area (Å²) in [6, 6.07) is 6.95. The third-order valence-corrected chi connectivity index (χ3v) is 5.67. The third kappa shape index (κ3) is 4.18. The second kappa shape index (κ2) is 9.17. The molecule has 4 rings (SSSR count). The molecule has 3 heterocycles. The zero-order valence-corrected chi connectivity index (χ0v) is 18.4. The number of aromatic nitrogens is 4. The fraction of sp³-hybridized carbons (Fsp3) is 0.348. The number of imidazole rings is 1. The second-order valence-corrected chi connectivity index (χ2v) is 7.75. The van der Waals surface area contributed by atoms with E-state index in [9.17, 15) is 9.59 Å². The van der Waals surface area contributed by atoms with Crippen molar-refractivity contribution in [1.29, 1.82) is 0 Å². The van der Waals surface area contributed by atoms with Crippen LogP contribution in [0.15, 0.2) is 42.9 Å². The van der Waals surface area contributed by atoms with Crippen LogP contribution in [0.3, 0.4) is 0 Å². The van der Waals surface area contributed by atoms with Crippen LogP contribution in [-0.2, 0) is 7.05 Å². The van der Waals surface area contributed by atoms with Gasteiger partial charge >= 0.3 is 0 Å². The number of aryl methyl sites for hydroxylation is 2. The zero-order valence-electron chi connectivity index (χ0n) is 18.4. The van der Waals surface area contributed by atoms with Crippen LogP contribution in [0.4, 0.5) is 5.69 Å². The minimum absolute atomic E-state index is 0.138. The number of anilines is 1. The number of carbonyl (C=O) groups is 2. The normalized spacial score (nSPS) is 16.0. The van der Waals surface area contributed by atoms with Crippen molar-refractivity contribution in [2.24, 2.45) is 7.05 Å². The van der Waals surface area contributed by atoms with E-state index < -0.39 is 0 Å². The molecule has 9 heteroatoms. The number of piperidine rings is 1. The van der Waals surface area contributed by atoms with E-state index in [4.69, 9.17) is 4.74 Å². The SMILES string of the molecule is COc1ccccc1NC(=O)c1cnc([C@H]2CCCCN2C(=O)c2nccn2C)nc1C. The van der Waals surface area contributed by atoms with Gasteiger partial charge in [-0.05, 0) is 38.3 Å². The van der Waals surface area contributed by atoms with E-state index in [-0.39, 0.29) is 17.9 Å². The van der Waals surface area contributed by atoms with Gasteiger partial charge in [-0.1, -0.05) is 12.1 Å². The van der Waals surface area contributed by atoms with Gasteiger partial charge in [0.25, 0.3) is 11.8 Å². The second-order valence-electron chi connectivity index (χ2n) is 7.75. The third-order valence-electron chi connectivity index (χ3n) is 5.67.